The lowest BCUT2D eigenvalue weighted by Crippen LogP contribution is -2.47. The summed E-state index contributed by atoms with van der Waals surface area (Å²) in [6.45, 7) is 11.6. The average molecular weight is 444 g/mol. The molecule has 2 rings (SSSR count). The summed E-state index contributed by atoms with van der Waals surface area (Å²) in [6.07, 6.45) is -0.265. The van der Waals surface area contributed by atoms with E-state index in [1.807, 2.05) is 54.6 Å². The maximum Gasteiger partial charge on any atom is 0.408 e. The van der Waals surface area contributed by atoms with Gasteiger partial charge in [0.1, 0.15) is 11.6 Å². The molecule has 6 nitrogen and oxygen atoms in total. The van der Waals surface area contributed by atoms with Gasteiger partial charge in [-0.1, -0.05) is 30.3 Å². The molecule has 0 heterocycles. The third-order valence-corrected chi connectivity index (χ3v) is 5.11. The van der Waals surface area contributed by atoms with Gasteiger partial charge in [0.25, 0.3) is 0 Å². The third-order valence-electron chi connectivity index (χ3n) is 3.89. The van der Waals surface area contributed by atoms with Crippen LogP contribution in [0, 0.1) is 0 Å². The van der Waals surface area contributed by atoms with E-state index >= 15 is 0 Å². The van der Waals surface area contributed by atoms with Crippen molar-refractivity contribution in [2.45, 2.75) is 70.0 Å². The first-order valence-corrected chi connectivity index (χ1v) is 11.1. The van der Waals surface area contributed by atoms with Crippen molar-refractivity contribution in [3.63, 3.8) is 0 Å². The van der Waals surface area contributed by atoms with Crippen molar-refractivity contribution in [3.8, 4) is 0 Å². The second-order valence-electron chi connectivity index (χ2n) is 9.36. The van der Waals surface area contributed by atoms with Gasteiger partial charge in [-0.05, 0) is 83.3 Å². The van der Waals surface area contributed by atoms with Crippen LogP contribution in [0.1, 0.15) is 47.1 Å². The van der Waals surface area contributed by atoms with Crippen molar-refractivity contribution in [2.24, 2.45) is 0 Å². The highest BCUT2D eigenvalue weighted by Crippen LogP contribution is 2.21. The fourth-order valence-electron chi connectivity index (χ4n) is 2.56. The first-order chi connectivity index (χ1) is 14.4. The van der Waals surface area contributed by atoms with Crippen LogP contribution in [0.2, 0.25) is 0 Å². The lowest BCUT2D eigenvalue weighted by Gasteiger charge is -2.23. The quantitative estimate of drug-likeness (QED) is 0.515. The second kappa shape index (κ2) is 10.7. The molecule has 0 saturated heterocycles. The Bertz CT molecular complexity index is 856. The van der Waals surface area contributed by atoms with Gasteiger partial charge >= 0.3 is 6.09 Å². The van der Waals surface area contributed by atoms with Crippen LogP contribution in [0.5, 0.6) is 0 Å². The van der Waals surface area contributed by atoms with Crippen LogP contribution in [0.4, 0.5) is 10.5 Å². The van der Waals surface area contributed by atoms with E-state index in [9.17, 15) is 9.59 Å². The number of anilines is 1. The van der Waals surface area contributed by atoms with Gasteiger partial charge in [-0.3, -0.25) is 9.52 Å². The van der Waals surface area contributed by atoms with Gasteiger partial charge in [0.05, 0.1) is 0 Å². The first-order valence-electron chi connectivity index (χ1n) is 10.3. The maximum atomic E-state index is 13.0. The monoisotopic (exact) mass is 443 g/mol. The van der Waals surface area contributed by atoms with Crippen molar-refractivity contribution in [1.82, 2.24) is 10.0 Å². The van der Waals surface area contributed by atoms with Crippen molar-refractivity contribution >= 4 is 29.6 Å². The van der Waals surface area contributed by atoms with Crippen LogP contribution in [-0.4, -0.2) is 29.2 Å². The molecule has 0 fully saturated rings. The Labute approximate surface area is 189 Å². The minimum absolute atomic E-state index is 0.00442. The lowest BCUT2D eigenvalue weighted by atomic mass is 10.1. The Morgan fingerprint density at radius 3 is 2.10 bits per heavy atom. The zero-order valence-electron chi connectivity index (χ0n) is 19.1. The molecular formula is C24H33N3O3S. The molecule has 0 aliphatic carbocycles. The Balaban J connectivity index is 2.06. The molecule has 0 spiro atoms. The lowest BCUT2D eigenvalue weighted by molar-refractivity contribution is -0.118. The summed E-state index contributed by atoms with van der Waals surface area (Å²) in [5.74, 6) is -0.303. The first kappa shape index (κ1) is 24.8. The SMILES string of the molecule is CC(C)(C)NSc1ccc(NC(=O)C(Cc2ccccc2)NC(=O)OC(C)(C)C)cc1. The molecule has 31 heavy (non-hydrogen) atoms. The molecule has 7 heteroatoms. The average Bonchev–Trinajstić information content (AvgIpc) is 2.65. The predicted molar refractivity (Wildman–Crippen MR) is 127 cm³/mol. The van der Waals surface area contributed by atoms with Gasteiger partial charge in [-0.2, -0.15) is 0 Å². The van der Waals surface area contributed by atoms with Crippen LogP contribution in [0.25, 0.3) is 0 Å². The van der Waals surface area contributed by atoms with E-state index in [0.29, 0.717) is 12.1 Å². The Hall–Kier alpha value is -2.51. The Morgan fingerprint density at radius 1 is 0.935 bits per heavy atom. The molecule has 0 bridgehead atoms. The maximum absolute atomic E-state index is 13.0. The van der Waals surface area contributed by atoms with Crippen LogP contribution in [-0.2, 0) is 16.0 Å². The van der Waals surface area contributed by atoms with Crippen LogP contribution in [0.15, 0.2) is 59.5 Å². The molecular weight excluding hydrogens is 410 g/mol. The molecule has 2 amide bonds. The van der Waals surface area contributed by atoms with Crippen LogP contribution < -0.4 is 15.4 Å². The van der Waals surface area contributed by atoms with E-state index in [2.05, 4.69) is 36.1 Å². The number of rotatable bonds is 7. The topological polar surface area (TPSA) is 79.5 Å². The van der Waals surface area contributed by atoms with Gasteiger partial charge in [0.2, 0.25) is 5.91 Å². The summed E-state index contributed by atoms with van der Waals surface area (Å²) >= 11 is 1.54. The summed E-state index contributed by atoms with van der Waals surface area (Å²) in [4.78, 5) is 26.3. The Morgan fingerprint density at radius 2 is 1.55 bits per heavy atom. The van der Waals surface area contributed by atoms with E-state index < -0.39 is 17.7 Å². The van der Waals surface area contributed by atoms with E-state index in [1.54, 1.807) is 32.7 Å². The molecule has 3 N–H and O–H groups in total. The fourth-order valence-corrected chi connectivity index (χ4v) is 3.25. The summed E-state index contributed by atoms with van der Waals surface area (Å²) in [7, 11) is 0. The minimum atomic E-state index is -0.770. The molecule has 1 atom stereocenters. The highest BCUT2D eigenvalue weighted by atomic mass is 32.2. The highest BCUT2D eigenvalue weighted by Gasteiger charge is 2.25. The summed E-state index contributed by atoms with van der Waals surface area (Å²) in [6, 6.07) is 16.4. The zero-order valence-corrected chi connectivity index (χ0v) is 19.9. The standard InChI is InChI=1S/C24H33N3O3S/c1-23(2,3)27-31-19-14-12-18(13-15-19)25-21(28)20(16-17-10-8-7-9-11-17)26-22(29)30-24(4,5)6/h7-15,20,27H,16H2,1-6H3,(H,25,28)(H,26,29). The predicted octanol–water partition coefficient (Wildman–Crippen LogP) is 5.16. The number of benzene rings is 2. The van der Waals surface area contributed by atoms with Crippen LogP contribution >= 0.6 is 11.9 Å². The molecule has 0 saturated carbocycles. The van der Waals surface area contributed by atoms with Gasteiger partial charge in [-0.15, -0.1) is 0 Å². The number of carbonyl (C=O) groups is 2. The fraction of sp³-hybridized carbons (Fsp3) is 0.417. The minimum Gasteiger partial charge on any atom is -0.444 e. The number of alkyl carbamates (subject to hydrolysis) is 1. The van der Waals surface area contributed by atoms with Gasteiger partial charge in [0.15, 0.2) is 0 Å². The number of amides is 2. The van der Waals surface area contributed by atoms with E-state index in [-0.39, 0.29) is 11.4 Å². The van der Waals surface area contributed by atoms with Crippen molar-refractivity contribution < 1.29 is 14.3 Å². The summed E-state index contributed by atoms with van der Waals surface area (Å²) in [5, 5.41) is 5.59. The van der Waals surface area contributed by atoms with Gasteiger partial charge in [-0.25, -0.2) is 4.79 Å². The number of hydrogen-bond acceptors (Lipinski definition) is 5. The second-order valence-corrected chi connectivity index (χ2v) is 10.2. The molecule has 2 aromatic carbocycles. The van der Waals surface area contributed by atoms with Crippen LogP contribution in [0.3, 0.4) is 0 Å². The van der Waals surface area contributed by atoms with E-state index in [1.165, 1.54) is 0 Å². The number of ether oxygens (including phenoxy) is 1. The van der Waals surface area contributed by atoms with Crippen molar-refractivity contribution in [2.75, 3.05) is 5.32 Å². The normalized spacial score (nSPS) is 12.7. The highest BCUT2D eigenvalue weighted by molar-refractivity contribution is 7.97. The summed E-state index contributed by atoms with van der Waals surface area (Å²) < 4.78 is 8.69. The van der Waals surface area contributed by atoms with Gasteiger partial charge in [0, 0.05) is 22.5 Å². The molecule has 0 aliphatic heterocycles. The van der Waals surface area contributed by atoms with Crippen molar-refractivity contribution in [1.29, 1.82) is 0 Å². The number of nitrogens with one attached hydrogen (secondary N) is 3. The van der Waals surface area contributed by atoms with E-state index in [0.717, 1.165) is 10.5 Å². The largest absolute Gasteiger partial charge is 0.444 e. The molecule has 0 aromatic heterocycles. The van der Waals surface area contributed by atoms with E-state index in [4.69, 9.17) is 4.74 Å². The summed E-state index contributed by atoms with van der Waals surface area (Å²) in [5.41, 5.74) is 0.954. The molecule has 0 radical (unpaired) electrons. The smallest absolute Gasteiger partial charge is 0.408 e. The molecule has 168 valence electrons. The molecule has 2 aromatic rings. The Kier molecular flexibility index (Phi) is 8.53. The molecule has 1 unspecified atom stereocenters. The number of hydrogen-bond donors (Lipinski definition) is 3. The number of carbonyl (C=O) groups excluding carboxylic acids is 2. The van der Waals surface area contributed by atoms with Gasteiger partial charge < -0.3 is 15.4 Å². The van der Waals surface area contributed by atoms with Crippen molar-refractivity contribution in [3.05, 3.63) is 60.2 Å². The third kappa shape index (κ3) is 9.89. The molecule has 0 aliphatic rings. The zero-order chi connectivity index (χ0) is 23.1.